The number of nitrogens with zero attached hydrogens (tertiary/aromatic N) is 2. The summed E-state index contributed by atoms with van der Waals surface area (Å²) in [7, 11) is 0. The van der Waals surface area contributed by atoms with E-state index in [0.717, 1.165) is 52.1 Å². The van der Waals surface area contributed by atoms with Gasteiger partial charge >= 0.3 is 0 Å². The zero-order valence-corrected chi connectivity index (χ0v) is 19.9. The molecule has 2 N–H and O–H groups in total. The molecule has 0 spiro atoms. The van der Waals surface area contributed by atoms with Gasteiger partial charge in [0.05, 0.1) is 10.4 Å². The van der Waals surface area contributed by atoms with Crippen LogP contribution < -0.4 is 10.4 Å². The summed E-state index contributed by atoms with van der Waals surface area (Å²) in [6.45, 7) is 1.58. The van der Waals surface area contributed by atoms with E-state index < -0.39 is 5.91 Å². The molecule has 3 aromatic carbocycles. The van der Waals surface area contributed by atoms with E-state index in [0.29, 0.717) is 4.88 Å². The average molecular weight is 480 g/mol. The Morgan fingerprint density at radius 2 is 1.71 bits per heavy atom. The number of carbonyl (C=O) groups excluding carboxylic acids is 1. The second-order valence-corrected chi connectivity index (χ2v) is 9.43. The van der Waals surface area contributed by atoms with Crippen LogP contribution in [-0.2, 0) is 13.0 Å². The number of aromatic nitrogens is 1. The highest BCUT2D eigenvalue weighted by Crippen LogP contribution is 2.31. The predicted molar refractivity (Wildman–Crippen MR) is 142 cm³/mol. The van der Waals surface area contributed by atoms with Gasteiger partial charge in [-0.3, -0.25) is 15.0 Å². The Morgan fingerprint density at radius 3 is 2.57 bits per heavy atom. The van der Waals surface area contributed by atoms with Crippen molar-refractivity contribution in [3.05, 3.63) is 119 Å². The topological polar surface area (TPSA) is 65.5 Å². The van der Waals surface area contributed by atoms with Gasteiger partial charge < -0.3 is 4.90 Å². The highest BCUT2D eigenvalue weighted by Gasteiger charge is 2.13. The molecule has 0 aliphatic carbocycles. The molecular formula is C29H25N3O2S. The van der Waals surface area contributed by atoms with E-state index in [-0.39, 0.29) is 0 Å². The number of carbonyl (C=O) groups is 1. The second-order valence-electron chi connectivity index (χ2n) is 8.35. The number of thiophene rings is 1. The Bertz CT molecular complexity index is 1450. The van der Waals surface area contributed by atoms with E-state index in [2.05, 4.69) is 58.4 Å². The van der Waals surface area contributed by atoms with Crippen molar-refractivity contribution in [2.45, 2.75) is 13.0 Å². The molecule has 0 saturated carbocycles. The van der Waals surface area contributed by atoms with E-state index in [1.807, 2.05) is 48.7 Å². The summed E-state index contributed by atoms with van der Waals surface area (Å²) in [6.07, 6.45) is 2.88. The maximum Gasteiger partial charge on any atom is 0.284 e. The molecule has 5 aromatic rings. The van der Waals surface area contributed by atoms with E-state index >= 15 is 0 Å². The van der Waals surface area contributed by atoms with Crippen LogP contribution in [0.15, 0.2) is 103 Å². The first-order chi connectivity index (χ1) is 17.2. The lowest BCUT2D eigenvalue weighted by atomic mass is 10.1. The number of hydrogen-bond donors (Lipinski definition) is 2. The summed E-state index contributed by atoms with van der Waals surface area (Å²) in [6, 6.07) is 32.9. The number of benzene rings is 3. The number of para-hydroxylation sites is 1. The number of fused-ring (bicyclic) bond motifs is 1. The molecule has 0 aliphatic rings. The normalized spacial score (nSPS) is 10.9. The molecular weight excluding hydrogens is 454 g/mol. The van der Waals surface area contributed by atoms with Crippen LogP contribution in [0.25, 0.3) is 21.3 Å². The van der Waals surface area contributed by atoms with Crippen molar-refractivity contribution in [2.75, 3.05) is 11.4 Å². The summed E-state index contributed by atoms with van der Waals surface area (Å²) >= 11 is 1.35. The van der Waals surface area contributed by atoms with Gasteiger partial charge in [0.15, 0.2) is 0 Å². The molecule has 0 atom stereocenters. The molecule has 2 aromatic heterocycles. The smallest absolute Gasteiger partial charge is 0.284 e. The standard InChI is InChI=1S/C29H25N3O2S/c33-29(31-34)28-14-13-27(35-28)24-10-6-11-25(18-24)32(16-15-21-7-2-1-3-8-21)20-22-17-23-9-4-5-12-26(23)30-19-22/h1-14,17-19,34H,15-16,20H2,(H,31,33). The Morgan fingerprint density at radius 1 is 0.886 bits per heavy atom. The maximum atomic E-state index is 11.8. The van der Waals surface area contributed by atoms with Crippen LogP contribution in [0.5, 0.6) is 0 Å². The Labute approximate surface area is 208 Å². The number of hydroxylamine groups is 1. The minimum atomic E-state index is -0.495. The van der Waals surface area contributed by atoms with Crippen LogP contribution in [0.4, 0.5) is 5.69 Å². The first-order valence-electron chi connectivity index (χ1n) is 11.5. The van der Waals surface area contributed by atoms with Crippen LogP contribution in [0.2, 0.25) is 0 Å². The number of anilines is 1. The number of rotatable bonds is 8. The fourth-order valence-electron chi connectivity index (χ4n) is 4.16. The molecule has 0 radical (unpaired) electrons. The molecule has 0 aliphatic heterocycles. The van der Waals surface area contributed by atoms with Gasteiger partial charge in [-0.15, -0.1) is 11.3 Å². The van der Waals surface area contributed by atoms with Crippen LogP contribution in [-0.4, -0.2) is 22.6 Å². The summed E-state index contributed by atoms with van der Waals surface area (Å²) in [5.74, 6) is -0.495. The Balaban J connectivity index is 1.45. The van der Waals surface area contributed by atoms with Crippen molar-refractivity contribution in [3.8, 4) is 10.4 Å². The quantitative estimate of drug-likeness (QED) is 0.202. The molecule has 6 heteroatoms. The monoisotopic (exact) mass is 479 g/mol. The minimum Gasteiger partial charge on any atom is -0.367 e. The highest BCUT2D eigenvalue weighted by atomic mass is 32.1. The third kappa shape index (κ3) is 5.40. The van der Waals surface area contributed by atoms with Crippen molar-refractivity contribution in [3.63, 3.8) is 0 Å². The van der Waals surface area contributed by atoms with E-state index in [4.69, 9.17) is 5.21 Å². The highest BCUT2D eigenvalue weighted by molar-refractivity contribution is 7.17. The van der Waals surface area contributed by atoms with Crippen molar-refractivity contribution in [1.29, 1.82) is 0 Å². The summed E-state index contributed by atoms with van der Waals surface area (Å²) < 4.78 is 0. The molecule has 5 rings (SSSR count). The SMILES string of the molecule is O=C(NO)c1ccc(-c2cccc(N(CCc3ccccc3)Cc3cnc4ccccc4c3)c2)s1. The molecule has 0 unspecified atom stereocenters. The largest absolute Gasteiger partial charge is 0.367 e. The van der Waals surface area contributed by atoms with Gasteiger partial charge in [0.1, 0.15) is 0 Å². The summed E-state index contributed by atoms with van der Waals surface area (Å²) in [5.41, 5.74) is 7.29. The molecule has 0 fully saturated rings. The number of amides is 1. The van der Waals surface area contributed by atoms with Crippen molar-refractivity contribution in [2.24, 2.45) is 0 Å². The van der Waals surface area contributed by atoms with Gasteiger partial charge in [0.2, 0.25) is 0 Å². The zero-order chi connectivity index (χ0) is 24.0. The number of nitrogens with one attached hydrogen (secondary N) is 1. The van der Waals surface area contributed by atoms with Crippen LogP contribution in [0, 0.1) is 0 Å². The van der Waals surface area contributed by atoms with Gasteiger partial charge in [-0.1, -0.05) is 60.7 Å². The average Bonchev–Trinajstić information content (AvgIpc) is 3.42. The fraction of sp³-hybridized carbons (Fsp3) is 0.103. The summed E-state index contributed by atoms with van der Waals surface area (Å²) in [4.78, 5) is 20.3. The molecule has 0 bridgehead atoms. The second kappa shape index (κ2) is 10.5. The predicted octanol–water partition coefficient (Wildman–Crippen LogP) is 6.33. The van der Waals surface area contributed by atoms with Crippen LogP contribution in [0.1, 0.15) is 20.8 Å². The van der Waals surface area contributed by atoms with Gasteiger partial charge in [0, 0.05) is 35.2 Å². The Hall–Kier alpha value is -4.00. The lowest BCUT2D eigenvalue weighted by Crippen LogP contribution is -2.25. The zero-order valence-electron chi connectivity index (χ0n) is 19.1. The van der Waals surface area contributed by atoms with Crippen LogP contribution in [0.3, 0.4) is 0 Å². The van der Waals surface area contributed by atoms with Gasteiger partial charge in [0.25, 0.3) is 5.91 Å². The van der Waals surface area contributed by atoms with Crippen LogP contribution >= 0.6 is 11.3 Å². The molecule has 2 heterocycles. The Kier molecular flexibility index (Phi) is 6.84. The molecule has 0 saturated heterocycles. The lowest BCUT2D eigenvalue weighted by Gasteiger charge is -2.26. The summed E-state index contributed by atoms with van der Waals surface area (Å²) in [5, 5.41) is 10.1. The van der Waals surface area contributed by atoms with Crippen molar-refractivity contribution in [1.82, 2.24) is 10.5 Å². The van der Waals surface area contributed by atoms with E-state index in [1.54, 1.807) is 11.5 Å². The number of hydrogen-bond acceptors (Lipinski definition) is 5. The lowest BCUT2D eigenvalue weighted by molar-refractivity contribution is 0.0711. The first-order valence-corrected chi connectivity index (χ1v) is 12.3. The fourth-order valence-corrected chi connectivity index (χ4v) is 5.05. The third-order valence-electron chi connectivity index (χ3n) is 5.96. The van der Waals surface area contributed by atoms with Gasteiger partial charge in [-0.25, -0.2) is 5.48 Å². The van der Waals surface area contributed by atoms with E-state index in [1.165, 1.54) is 16.9 Å². The van der Waals surface area contributed by atoms with Crippen molar-refractivity contribution < 1.29 is 10.0 Å². The molecule has 1 amide bonds. The van der Waals surface area contributed by atoms with Crippen molar-refractivity contribution >= 4 is 33.8 Å². The first kappa shape index (κ1) is 22.8. The number of pyridine rings is 1. The molecule has 5 nitrogen and oxygen atoms in total. The van der Waals surface area contributed by atoms with Gasteiger partial charge in [-0.05, 0) is 59.5 Å². The molecule has 35 heavy (non-hydrogen) atoms. The van der Waals surface area contributed by atoms with E-state index in [9.17, 15) is 4.79 Å². The van der Waals surface area contributed by atoms with Gasteiger partial charge in [-0.2, -0.15) is 0 Å². The maximum absolute atomic E-state index is 11.8. The molecule has 174 valence electrons. The third-order valence-corrected chi connectivity index (χ3v) is 7.09. The minimum absolute atomic E-state index is 0.469.